The first kappa shape index (κ1) is 11.6. The van der Waals surface area contributed by atoms with Gasteiger partial charge in [0.2, 0.25) is 0 Å². The Balaban J connectivity index is 2.32. The molecule has 2 rings (SSSR count). The zero-order valence-electron chi connectivity index (χ0n) is 9.17. The Hall–Kier alpha value is -1.86. The zero-order chi connectivity index (χ0) is 12.4. The van der Waals surface area contributed by atoms with Crippen LogP contribution in [0.3, 0.4) is 0 Å². The number of hydrogen-bond acceptors (Lipinski definition) is 6. The molecule has 0 aliphatic carbocycles. The normalized spacial score (nSPS) is 19.4. The third kappa shape index (κ3) is 2.45. The van der Waals surface area contributed by atoms with Gasteiger partial charge in [-0.25, -0.2) is 0 Å². The number of rotatable bonds is 3. The van der Waals surface area contributed by atoms with Crippen LogP contribution in [0.1, 0.15) is 6.42 Å². The summed E-state index contributed by atoms with van der Waals surface area (Å²) in [6.07, 6.45) is 0.303. The van der Waals surface area contributed by atoms with Crippen molar-refractivity contribution < 1.29 is 10.0 Å². The number of nitrogens with one attached hydrogen (secondary N) is 1. The SMILES string of the molecule is NNc1cc(N2CCC(O)C2)cc([N+](=O)[O-])c1. The largest absolute Gasteiger partial charge is 0.391 e. The predicted octanol–water partition coefficient (Wildman–Crippen LogP) is 0.451. The number of nitrogen functional groups attached to an aromatic ring is 1. The summed E-state index contributed by atoms with van der Waals surface area (Å²) in [4.78, 5) is 12.2. The van der Waals surface area contributed by atoms with Crippen LogP contribution in [-0.2, 0) is 0 Å². The first-order valence-corrected chi connectivity index (χ1v) is 5.29. The maximum Gasteiger partial charge on any atom is 0.273 e. The maximum atomic E-state index is 10.8. The molecular formula is C10H14N4O3. The predicted molar refractivity (Wildman–Crippen MR) is 63.7 cm³/mol. The van der Waals surface area contributed by atoms with E-state index in [9.17, 15) is 15.2 Å². The van der Waals surface area contributed by atoms with Crippen LogP contribution in [0.25, 0.3) is 0 Å². The Kier molecular flexibility index (Phi) is 3.12. The summed E-state index contributed by atoms with van der Waals surface area (Å²) in [5, 5.41) is 20.2. The highest BCUT2D eigenvalue weighted by Crippen LogP contribution is 2.28. The van der Waals surface area contributed by atoms with Gasteiger partial charge in [0, 0.05) is 30.9 Å². The lowest BCUT2D eigenvalue weighted by Gasteiger charge is -2.18. The van der Waals surface area contributed by atoms with Crippen molar-refractivity contribution in [1.29, 1.82) is 0 Å². The number of hydrazine groups is 1. The molecule has 1 unspecified atom stereocenters. The molecule has 0 aromatic heterocycles. The molecule has 1 saturated heterocycles. The minimum absolute atomic E-state index is 0.0168. The van der Waals surface area contributed by atoms with E-state index in [0.717, 1.165) is 0 Å². The van der Waals surface area contributed by atoms with Crippen molar-refractivity contribution in [2.45, 2.75) is 12.5 Å². The number of anilines is 2. The Morgan fingerprint density at radius 2 is 2.29 bits per heavy atom. The van der Waals surface area contributed by atoms with Crippen molar-refractivity contribution in [1.82, 2.24) is 0 Å². The molecule has 1 aliphatic rings. The molecule has 1 aliphatic heterocycles. The van der Waals surface area contributed by atoms with Gasteiger partial charge in [-0.05, 0) is 12.5 Å². The molecule has 92 valence electrons. The van der Waals surface area contributed by atoms with Gasteiger partial charge in [-0.2, -0.15) is 0 Å². The van der Waals surface area contributed by atoms with Crippen LogP contribution < -0.4 is 16.2 Å². The van der Waals surface area contributed by atoms with Crippen molar-refractivity contribution in [2.24, 2.45) is 5.84 Å². The van der Waals surface area contributed by atoms with Crippen LogP contribution >= 0.6 is 0 Å². The Morgan fingerprint density at radius 1 is 1.53 bits per heavy atom. The number of aliphatic hydroxyl groups is 1. The summed E-state index contributed by atoms with van der Waals surface area (Å²) >= 11 is 0. The van der Waals surface area contributed by atoms with Gasteiger partial charge in [-0.1, -0.05) is 0 Å². The summed E-state index contributed by atoms with van der Waals surface area (Å²) in [7, 11) is 0. The topological polar surface area (TPSA) is 105 Å². The number of non-ortho nitro benzene ring substituents is 1. The monoisotopic (exact) mass is 238 g/mol. The third-order valence-electron chi connectivity index (χ3n) is 2.81. The smallest absolute Gasteiger partial charge is 0.273 e. The van der Waals surface area contributed by atoms with E-state index in [1.165, 1.54) is 12.1 Å². The first-order valence-electron chi connectivity index (χ1n) is 5.29. The van der Waals surface area contributed by atoms with Gasteiger partial charge in [0.1, 0.15) is 0 Å². The average Bonchev–Trinajstić information content (AvgIpc) is 2.75. The van der Waals surface area contributed by atoms with E-state index in [1.54, 1.807) is 6.07 Å². The molecule has 1 aromatic carbocycles. The minimum atomic E-state index is -0.461. The number of aliphatic hydroxyl groups excluding tert-OH is 1. The lowest BCUT2D eigenvalue weighted by molar-refractivity contribution is -0.384. The summed E-state index contributed by atoms with van der Waals surface area (Å²) in [6, 6.07) is 4.58. The number of β-amino-alcohol motifs (C(OH)–C–C–N with tert-alkyl or cyclic N) is 1. The van der Waals surface area contributed by atoms with E-state index < -0.39 is 4.92 Å². The molecule has 1 atom stereocenters. The number of nitro groups is 1. The second-order valence-electron chi connectivity index (χ2n) is 4.03. The minimum Gasteiger partial charge on any atom is -0.391 e. The molecule has 0 amide bonds. The fraction of sp³-hybridized carbons (Fsp3) is 0.400. The number of hydrogen-bond donors (Lipinski definition) is 3. The summed E-state index contributed by atoms with van der Waals surface area (Å²) < 4.78 is 0. The second kappa shape index (κ2) is 4.56. The number of nitro benzene ring substituents is 1. The summed E-state index contributed by atoms with van der Waals surface area (Å²) in [6.45, 7) is 1.18. The van der Waals surface area contributed by atoms with E-state index in [4.69, 9.17) is 5.84 Å². The van der Waals surface area contributed by atoms with Gasteiger partial charge < -0.3 is 15.4 Å². The van der Waals surface area contributed by atoms with Crippen LogP contribution in [0.15, 0.2) is 18.2 Å². The molecule has 1 fully saturated rings. The quantitative estimate of drug-likeness (QED) is 0.401. The van der Waals surface area contributed by atoms with Crippen molar-refractivity contribution in [3.63, 3.8) is 0 Å². The summed E-state index contributed by atoms with van der Waals surface area (Å²) in [5.41, 5.74) is 3.57. The van der Waals surface area contributed by atoms with Crippen LogP contribution in [0.5, 0.6) is 0 Å². The van der Waals surface area contributed by atoms with E-state index >= 15 is 0 Å². The van der Waals surface area contributed by atoms with E-state index in [1.807, 2.05) is 4.90 Å². The lowest BCUT2D eigenvalue weighted by atomic mass is 10.2. The van der Waals surface area contributed by atoms with Crippen LogP contribution in [0.2, 0.25) is 0 Å². The molecule has 7 heteroatoms. The van der Waals surface area contributed by atoms with Gasteiger partial charge in [-0.3, -0.25) is 16.0 Å². The van der Waals surface area contributed by atoms with Gasteiger partial charge in [0.05, 0.1) is 16.7 Å². The van der Waals surface area contributed by atoms with Gasteiger partial charge >= 0.3 is 0 Å². The molecule has 4 N–H and O–H groups in total. The van der Waals surface area contributed by atoms with Crippen LogP contribution in [0, 0.1) is 10.1 Å². The molecule has 0 bridgehead atoms. The van der Waals surface area contributed by atoms with E-state index in [0.29, 0.717) is 30.9 Å². The van der Waals surface area contributed by atoms with Gasteiger partial charge in [0.25, 0.3) is 5.69 Å². The Morgan fingerprint density at radius 3 is 2.82 bits per heavy atom. The molecule has 0 radical (unpaired) electrons. The fourth-order valence-electron chi connectivity index (χ4n) is 1.94. The molecule has 1 heterocycles. The zero-order valence-corrected chi connectivity index (χ0v) is 9.17. The first-order chi connectivity index (χ1) is 8.10. The van der Waals surface area contributed by atoms with Crippen LogP contribution in [-0.4, -0.2) is 29.2 Å². The van der Waals surface area contributed by atoms with Gasteiger partial charge in [-0.15, -0.1) is 0 Å². The lowest BCUT2D eigenvalue weighted by Crippen LogP contribution is -2.21. The van der Waals surface area contributed by atoms with Crippen molar-refractivity contribution >= 4 is 17.1 Å². The molecule has 0 spiro atoms. The molecule has 0 saturated carbocycles. The Bertz CT molecular complexity index is 438. The third-order valence-corrected chi connectivity index (χ3v) is 2.81. The average molecular weight is 238 g/mol. The van der Waals surface area contributed by atoms with Gasteiger partial charge in [0.15, 0.2) is 0 Å². The molecule has 7 nitrogen and oxygen atoms in total. The molecular weight excluding hydrogens is 224 g/mol. The number of nitrogens with two attached hydrogens (primary N) is 1. The van der Waals surface area contributed by atoms with E-state index in [2.05, 4.69) is 5.43 Å². The molecule has 1 aromatic rings. The number of nitrogens with zero attached hydrogens (tertiary/aromatic N) is 2. The van der Waals surface area contributed by atoms with Crippen LogP contribution in [0.4, 0.5) is 17.1 Å². The highest BCUT2D eigenvalue weighted by Gasteiger charge is 2.22. The highest BCUT2D eigenvalue weighted by molar-refractivity contribution is 5.64. The molecule has 17 heavy (non-hydrogen) atoms. The van der Waals surface area contributed by atoms with E-state index in [-0.39, 0.29) is 11.8 Å². The van der Waals surface area contributed by atoms with Crippen molar-refractivity contribution in [3.05, 3.63) is 28.3 Å². The second-order valence-corrected chi connectivity index (χ2v) is 4.03. The maximum absolute atomic E-state index is 10.8. The van der Waals surface area contributed by atoms with Crippen molar-refractivity contribution in [3.8, 4) is 0 Å². The summed E-state index contributed by atoms with van der Waals surface area (Å²) in [5.74, 6) is 5.27. The standard InChI is InChI=1S/C10H14N4O3/c11-12-7-3-8(5-9(4-7)14(16)17)13-2-1-10(15)6-13/h3-5,10,12,15H,1-2,6,11H2. The number of benzene rings is 1. The fourth-order valence-corrected chi connectivity index (χ4v) is 1.94. The highest BCUT2D eigenvalue weighted by atomic mass is 16.6. The Labute approximate surface area is 98.0 Å². The van der Waals surface area contributed by atoms with Crippen molar-refractivity contribution in [2.75, 3.05) is 23.4 Å².